The molecule has 102 valence electrons. The molecule has 0 bridgehead atoms. The molecule has 1 N–H and O–H groups in total. The van der Waals surface area contributed by atoms with E-state index >= 15 is 0 Å². The fourth-order valence-corrected chi connectivity index (χ4v) is 2.52. The summed E-state index contributed by atoms with van der Waals surface area (Å²) >= 11 is 1.21. The van der Waals surface area contributed by atoms with E-state index in [-0.39, 0.29) is 23.9 Å². The minimum absolute atomic E-state index is 0.0512. The summed E-state index contributed by atoms with van der Waals surface area (Å²) in [4.78, 5) is 24.4. The normalized spacial score (nSPS) is 14.8. The van der Waals surface area contributed by atoms with Crippen LogP contribution in [0.4, 0.5) is 19.3 Å². The van der Waals surface area contributed by atoms with Gasteiger partial charge < -0.3 is 10.2 Å². The molecule has 7 heteroatoms. The van der Waals surface area contributed by atoms with Crippen LogP contribution in [0.3, 0.4) is 0 Å². The van der Waals surface area contributed by atoms with Crippen LogP contribution < -0.4 is 5.32 Å². The van der Waals surface area contributed by atoms with Gasteiger partial charge in [0, 0.05) is 31.3 Å². The van der Waals surface area contributed by atoms with Crippen LogP contribution in [0.15, 0.2) is 18.2 Å². The maximum Gasteiger partial charge on any atom is 0.281 e. The number of carbonyl (C=O) groups is 2. The lowest BCUT2D eigenvalue weighted by Gasteiger charge is -2.14. The van der Waals surface area contributed by atoms with E-state index in [4.69, 9.17) is 0 Å². The zero-order valence-electron chi connectivity index (χ0n) is 9.99. The van der Waals surface area contributed by atoms with Crippen molar-refractivity contribution >= 4 is 28.6 Å². The molecular formula is C12H12F2N2O2S. The quantitative estimate of drug-likeness (QED) is 0.925. The van der Waals surface area contributed by atoms with Gasteiger partial charge in [-0.1, -0.05) is 11.8 Å². The number of rotatable bonds is 4. The standard InChI is InChI=1S/C12H12F2N2O2S/c13-8-1-2-9(14)10(7-8)15-11(17)3-4-16-5-6-19-12(16)18/h1-2,7H,3-6H2,(H,15,17). The molecular weight excluding hydrogens is 274 g/mol. The Bertz CT molecular complexity index is 511. The minimum Gasteiger partial charge on any atom is -0.332 e. The third-order valence-electron chi connectivity index (χ3n) is 2.66. The number of nitrogens with one attached hydrogen (secondary N) is 1. The Morgan fingerprint density at radius 3 is 2.89 bits per heavy atom. The Morgan fingerprint density at radius 1 is 1.42 bits per heavy atom. The zero-order chi connectivity index (χ0) is 13.8. The van der Waals surface area contributed by atoms with Crippen molar-refractivity contribution in [3.05, 3.63) is 29.8 Å². The molecule has 0 saturated carbocycles. The number of amides is 2. The summed E-state index contributed by atoms with van der Waals surface area (Å²) in [6.45, 7) is 0.902. The van der Waals surface area contributed by atoms with Crippen molar-refractivity contribution in [2.24, 2.45) is 0 Å². The summed E-state index contributed by atoms with van der Waals surface area (Å²) in [6, 6.07) is 2.85. The van der Waals surface area contributed by atoms with E-state index in [0.717, 1.165) is 24.0 Å². The van der Waals surface area contributed by atoms with Gasteiger partial charge >= 0.3 is 0 Å². The van der Waals surface area contributed by atoms with E-state index in [1.807, 2.05) is 0 Å². The lowest BCUT2D eigenvalue weighted by atomic mass is 10.2. The Kier molecular flexibility index (Phi) is 4.36. The second-order valence-corrected chi connectivity index (χ2v) is 5.07. The van der Waals surface area contributed by atoms with E-state index in [0.29, 0.717) is 6.54 Å². The van der Waals surface area contributed by atoms with Crippen molar-refractivity contribution in [3.8, 4) is 0 Å². The van der Waals surface area contributed by atoms with Crippen LogP contribution in [-0.2, 0) is 4.79 Å². The van der Waals surface area contributed by atoms with Gasteiger partial charge in [0.25, 0.3) is 5.24 Å². The average Bonchev–Trinajstić information content (AvgIpc) is 2.77. The molecule has 1 fully saturated rings. The summed E-state index contributed by atoms with van der Waals surface area (Å²) in [5.74, 6) is -1.04. The largest absolute Gasteiger partial charge is 0.332 e. The topological polar surface area (TPSA) is 49.4 Å². The van der Waals surface area contributed by atoms with E-state index in [2.05, 4.69) is 5.32 Å². The number of carbonyl (C=O) groups excluding carboxylic acids is 2. The molecule has 0 unspecified atom stereocenters. The summed E-state index contributed by atoms with van der Waals surface area (Å²) in [7, 11) is 0. The molecule has 1 aliphatic rings. The Balaban J connectivity index is 1.87. The second-order valence-electron chi connectivity index (χ2n) is 4.02. The van der Waals surface area contributed by atoms with Crippen molar-refractivity contribution in [3.63, 3.8) is 0 Å². The molecule has 0 atom stereocenters. The van der Waals surface area contributed by atoms with E-state index < -0.39 is 17.5 Å². The number of hydrogen-bond donors (Lipinski definition) is 1. The Morgan fingerprint density at radius 2 is 2.21 bits per heavy atom. The van der Waals surface area contributed by atoms with Crippen LogP contribution in [0.2, 0.25) is 0 Å². The van der Waals surface area contributed by atoms with Gasteiger partial charge in [0.2, 0.25) is 5.91 Å². The molecule has 2 rings (SSSR count). The number of hydrogen-bond acceptors (Lipinski definition) is 3. The van der Waals surface area contributed by atoms with Crippen molar-refractivity contribution in [2.45, 2.75) is 6.42 Å². The van der Waals surface area contributed by atoms with Gasteiger partial charge in [0.05, 0.1) is 5.69 Å². The van der Waals surface area contributed by atoms with Gasteiger partial charge in [-0.2, -0.15) is 0 Å². The van der Waals surface area contributed by atoms with Crippen LogP contribution in [0.25, 0.3) is 0 Å². The third kappa shape index (κ3) is 3.66. The predicted molar refractivity (Wildman–Crippen MR) is 69.0 cm³/mol. The molecule has 0 radical (unpaired) electrons. The SMILES string of the molecule is O=C(CCN1CCSC1=O)Nc1cc(F)ccc1F. The van der Waals surface area contributed by atoms with E-state index in [1.165, 1.54) is 11.8 Å². The first kappa shape index (κ1) is 13.8. The van der Waals surface area contributed by atoms with Crippen molar-refractivity contribution < 1.29 is 18.4 Å². The molecule has 1 heterocycles. The molecule has 1 saturated heterocycles. The van der Waals surface area contributed by atoms with Crippen molar-refractivity contribution in [1.82, 2.24) is 4.90 Å². The maximum atomic E-state index is 13.3. The highest BCUT2D eigenvalue weighted by molar-refractivity contribution is 8.13. The first-order valence-corrected chi connectivity index (χ1v) is 6.71. The van der Waals surface area contributed by atoms with Gasteiger partial charge in [0.15, 0.2) is 0 Å². The number of thioether (sulfide) groups is 1. The number of nitrogens with zero attached hydrogens (tertiary/aromatic N) is 1. The predicted octanol–water partition coefficient (Wildman–Crippen LogP) is 2.46. The number of halogens is 2. The average molecular weight is 286 g/mol. The molecule has 2 amide bonds. The first-order chi connectivity index (χ1) is 9.06. The van der Waals surface area contributed by atoms with Crippen LogP contribution >= 0.6 is 11.8 Å². The molecule has 0 aliphatic carbocycles. The molecule has 1 aromatic rings. The first-order valence-electron chi connectivity index (χ1n) is 5.73. The Hall–Kier alpha value is -1.63. The van der Waals surface area contributed by atoms with Crippen LogP contribution in [0, 0.1) is 11.6 Å². The molecule has 1 aliphatic heterocycles. The molecule has 4 nitrogen and oxygen atoms in total. The lowest BCUT2D eigenvalue weighted by Crippen LogP contribution is -2.27. The number of anilines is 1. The van der Waals surface area contributed by atoms with Crippen LogP contribution in [0.5, 0.6) is 0 Å². The van der Waals surface area contributed by atoms with E-state index in [9.17, 15) is 18.4 Å². The lowest BCUT2D eigenvalue weighted by molar-refractivity contribution is -0.116. The smallest absolute Gasteiger partial charge is 0.281 e. The molecule has 0 spiro atoms. The molecule has 19 heavy (non-hydrogen) atoms. The van der Waals surface area contributed by atoms with Gasteiger partial charge in [-0.15, -0.1) is 0 Å². The summed E-state index contributed by atoms with van der Waals surface area (Å²) < 4.78 is 26.2. The van der Waals surface area contributed by atoms with Gasteiger partial charge in [0.1, 0.15) is 11.6 Å². The zero-order valence-corrected chi connectivity index (χ0v) is 10.8. The van der Waals surface area contributed by atoms with Gasteiger partial charge in [-0.25, -0.2) is 8.78 Å². The second kappa shape index (κ2) is 6.01. The highest BCUT2D eigenvalue weighted by Gasteiger charge is 2.21. The number of benzene rings is 1. The molecule has 0 aromatic heterocycles. The monoisotopic (exact) mass is 286 g/mol. The van der Waals surface area contributed by atoms with Crippen molar-refractivity contribution in [1.29, 1.82) is 0 Å². The fourth-order valence-electron chi connectivity index (χ4n) is 1.67. The highest BCUT2D eigenvalue weighted by Crippen LogP contribution is 2.18. The fraction of sp³-hybridized carbons (Fsp3) is 0.333. The van der Waals surface area contributed by atoms with Gasteiger partial charge in [-0.05, 0) is 12.1 Å². The Labute approximate surface area is 113 Å². The molecule has 1 aromatic carbocycles. The summed E-state index contributed by atoms with van der Waals surface area (Å²) in [6.07, 6.45) is 0.0578. The summed E-state index contributed by atoms with van der Waals surface area (Å²) in [5, 5.41) is 2.24. The highest BCUT2D eigenvalue weighted by atomic mass is 32.2. The minimum atomic E-state index is -0.692. The van der Waals surface area contributed by atoms with Gasteiger partial charge in [-0.3, -0.25) is 9.59 Å². The van der Waals surface area contributed by atoms with Crippen molar-refractivity contribution in [2.75, 3.05) is 24.2 Å². The summed E-state index contributed by atoms with van der Waals surface area (Å²) in [5.41, 5.74) is -0.188. The van der Waals surface area contributed by atoms with Crippen LogP contribution in [-0.4, -0.2) is 34.9 Å². The van der Waals surface area contributed by atoms with E-state index in [1.54, 1.807) is 4.90 Å². The van der Waals surface area contributed by atoms with Crippen LogP contribution in [0.1, 0.15) is 6.42 Å². The maximum absolute atomic E-state index is 13.3. The third-order valence-corrected chi connectivity index (χ3v) is 3.55.